The minimum atomic E-state index is -0.595. The van der Waals surface area contributed by atoms with Crippen LogP contribution in [0.4, 0.5) is 0 Å². The molecule has 3 heterocycles. The van der Waals surface area contributed by atoms with Crippen molar-refractivity contribution in [1.29, 1.82) is 0 Å². The maximum atomic E-state index is 13.4. The summed E-state index contributed by atoms with van der Waals surface area (Å²) in [6, 6.07) is 10.5. The Morgan fingerprint density at radius 1 is 1.00 bits per heavy atom. The second-order valence-electron chi connectivity index (χ2n) is 11.0. The summed E-state index contributed by atoms with van der Waals surface area (Å²) < 4.78 is 12.3. The highest BCUT2D eigenvalue weighted by Crippen LogP contribution is 2.33. The van der Waals surface area contributed by atoms with Gasteiger partial charge < -0.3 is 24.2 Å². The van der Waals surface area contributed by atoms with Gasteiger partial charge in [-0.2, -0.15) is 0 Å². The van der Waals surface area contributed by atoms with Crippen molar-refractivity contribution < 1.29 is 23.9 Å². The molecular weight excluding hydrogens is 647 g/mol. The number of piperidine rings is 1. The molecule has 3 aliphatic heterocycles. The van der Waals surface area contributed by atoms with E-state index in [1.165, 1.54) is 4.90 Å². The first-order chi connectivity index (χ1) is 20.2. The molecule has 226 valence electrons. The van der Waals surface area contributed by atoms with Gasteiger partial charge in [-0.15, -0.1) is 0 Å². The molecule has 1 atom stereocenters. The normalized spacial score (nSPS) is 20.5. The van der Waals surface area contributed by atoms with Gasteiger partial charge in [0, 0.05) is 85.7 Å². The Bertz CT molecular complexity index is 1300. The zero-order chi connectivity index (χ0) is 29.8. The van der Waals surface area contributed by atoms with E-state index in [4.69, 9.17) is 32.7 Å². The second-order valence-corrected chi connectivity index (χ2v) is 12.8. The van der Waals surface area contributed by atoms with Crippen LogP contribution in [0.2, 0.25) is 10.0 Å². The fourth-order valence-electron chi connectivity index (χ4n) is 5.91. The van der Waals surface area contributed by atoms with E-state index in [1.807, 2.05) is 17.0 Å². The molecule has 2 aromatic rings. The van der Waals surface area contributed by atoms with E-state index < -0.39 is 11.8 Å². The number of carbonyl (C=O) groups excluding carboxylic acids is 3. The van der Waals surface area contributed by atoms with E-state index in [0.717, 1.165) is 36.7 Å². The Hall–Kier alpha value is -2.37. The number of amides is 3. The molecule has 0 saturated carbocycles. The number of halogens is 3. The summed E-state index contributed by atoms with van der Waals surface area (Å²) in [6.07, 6.45) is 3.58. The van der Waals surface area contributed by atoms with Crippen molar-refractivity contribution in [2.45, 2.75) is 44.3 Å². The molecule has 9 nitrogen and oxygen atoms in total. The highest BCUT2D eigenvalue weighted by molar-refractivity contribution is 9.10. The van der Waals surface area contributed by atoms with E-state index in [9.17, 15) is 14.4 Å². The smallest absolute Gasteiger partial charge is 0.312 e. The molecule has 3 amide bonds. The SMILES string of the molecule is CN(Cc1ccc(Br)cc1Oc1cc(Cl)cc(Cl)c1)C(=O)C(=O)N1CCN(C2CCCN(C3CCOCC3)C2=O)CC1. The van der Waals surface area contributed by atoms with E-state index in [1.54, 1.807) is 36.2 Å². The number of likely N-dealkylation sites (N-methyl/N-ethyl adjacent to an activating group) is 1. The predicted octanol–water partition coefficient (Wildman–Crippen LogP) is 4.82. The Kier molecular flexibility index (Phi) is 10.3. The summed E-state index contributed by atoms with van der Waals surface area (Å²) in [5.41, 5.74) is 0.715. The van der Waals surface area contributed by atoms with Gasteiger partial charge in [-0.05, 0) is 56.0 Å². The molecule has 0 bridgehead atoms. The Balaban J connectivity index is 1.17. The molecule has 5 rings (SSSR count). The number of hydrogen-bond acceptors (Lipinski definition) is 6. The molecule has 42 heavy (non-hydrogen) atoms. The average Bonchev–Trinajstić information content (AvgIpc) is 2.98. The van der Waals surface area contributed by atoms with Crippen molar-refractivity contribution >= 4 is 56.9 Å². The zero-order valence-electron chi connectivity index (χ0n) is 23.6. The lowest BCUT2D eigenvalue weighted by Gasteiger charge is -2.45. The molecule has 2 aromatic carbocycles. The summed E-state index contributed by atoms with van der Waals surface area (Å²) in [6.45, 7) is 4.31. The van der Waals surface area contributed by atoms with Crippen LogP contribution in [0.1, 0.15) is 31.2 Å². The van der Waals surface area contributed by atoms with Gasteiger partial charge in [-0.3, -0.25) is 19.3 Å². The number of nitrogens with zero attached hydrogens (tertiary/aromatic N) is 4. The van der Waals surface area contributed by atoms with Crippen LogP contribution in [0, 0.1) is 0 Å². The quantitative estimate of drug-likeness (QED) is 0.407. The third-order valence-electron chi connectivity index (χ3n) is 8.15. The van der Waals surface area contributed by atoms with Crippen LogP contribution in [-0.2, 0) is 25.7 Å². The Morgan fingerprint density at radius 2 is 1.69 bits per heavy atom. The highest BCUT2D eigenvalue weighted by atomic mass is 79.9. The minimum absolute atomic E-state index is 0.164. The zero-order valence-corrected chi connectivity index (χ0v) is 26.7. The lowest BCUT2D eigenvalue weighted by Crippen LogP contribution is -2.61. The van der Waals surface area contributed by atoms with Gasteiger partial charge in [-0.1, -0.05) is 45.2 Å². The number of likely N-dealkylation sites (tertiary alicyclic amines) is 1. The summed E-state index contributed by atoms with van der Waals surface area (Å²) in [4.78, 5) is 47.0. The Labute approximate surface area is 264 Å². The molecular formula is C30H35BrCl2N4O5. The highest BCUT2D eigenvalue weighted by Gasteiger charge is 2.39. The van der Waals surface area contributed by atoms with E-state index in [0.29, 0.717) is 66.5 Å². The number of piperazine rings is 1. The van der Waals surface area contributed by atoms with E-state index in [-0.39, 0.29) is 24.5 Å². The third kappa shape index (κ3) is 7.39. The fraction of sp³-hybridized carbons (Fsp3) is 0.500. The van der Waals surface area contributed by atoms with Gasteiger partial charge in [-0.25, -0.2) is 0 Å². The summed E-state index contributed by atoms with van der Waals surface area (Å²) in [5.74, 6) is 0.0217. The van der Waals surface area contributed by atoms with Crippen molar-refractivity contribution in [3.63, 3.8) is 0 Å². The molecule has 1 unspecified atom stereocenters. The first kappa shape index (κ1) is 31.1. The van der Waals surface area contributed by atoms with Crippen LogP contribution < -0.4 is 4.74 Å². The monoisotopic (exact) mass is 680 g/mol. The molecule has 12 heteroatoms. The van der Waals surface area contributed by atoms with Gasteiger partial charge in [0.25, 0.3) is 0 Å². The molecule has 0 spiro atoms. The van der Waals surface area contributed by atoms with Gasteiger partial charge in [0.05, 0.1) is 6.04 Å². The maximum absolute atomic E-state index is 13.4. The van der Waals surface area contributed by atoms with Crippen molar-refractivity contribution in [3.05, 3.63) is 56.5 Å². The third-order valence-corrected chi connectivity index (χ3v) is 9.08. The summed E-state index contributed by atoms with van der Waals surface area (Å²) in [5, 5.41) is 0.882. The molecule has 0 N–H and O–H groups in total. The van der Waals surface area contributed by atoms with Gasteiger partial charge in [0.2, 0.25) is 5.91 Å². The predicted molar refractivity (Wildman–Crippen MR) is 164 cm³/mol. The molecule has 3 fully saturated rings. The number of rotatable bonds is 6. The van der Waals surface area contributed by atoms with Crippen LogP contribution in [0.15, 0.2) is 40.9 Å². The van der Waals surface area contributed by atoms with Crippen molar-refractivity contribution in [3.8, 4) is 11.5 Å². The molecule has 3 aliphatic rings. The number of ether oxygens (including phenoxy) is 2. The van der Waals surface area contributed by atoms with Gasteiger partial charge in [0.15, 0.2) is 0 Å². The lowest BCUT2D eigenvalue weighted by molar-refractivity contribution is -0.154. The van der Waals surface area contributed by atoms with Crippen molar-refractivity contribution in [1.82, 2.24) is 19.6 Å². The van der Waals surface area contributed by atoms with Crippen molar-refractivity contribution in [2.24, 2.45) is 0 Å². The second kappa shape index (κ2) is 13.9. The molecule has 3 saturated heterocycles. The van der Waals surface area contributed by atoms with Crippen LogP contribution >= 0.6 is 39.1 Å². The van der Waals surface area contributed by atoms with Gasteiger partial charge in [0.1, 0.15) is 11.5 Å². The minimum Gasteiger partial charge on any atom is -0.457 e. The average molecular weight is 682 g/mol. The molecule has 0 aromatic heterocycles. The summed E-state index contributed by atoms with van der Waals surface area (Å²) >= 11 is 15.7. The van der Waals surface area contributed by atoms with Crippen molar-refractivity contribution in [2.75, 3.05) is 53.0 Å². The van der Waals surface area contributed by atoms with Gasteiger partial charge >= 0.3 is 11.8 Å². The Morgan fingerprint density at radius 3 is 2.38 bits per heavy atom. The largest absolute Gasteiger partial charge is 0.457 e. The van der Waals surface area contributed by atoms with Crippen LogP contribution in [0.3, 0.4) is 0 Å². The van der Waals surface area contributed by atoms with Crippen LogP contribution in [0.5, 0.6) is 11.5 Å². The number of hydrogen-bond donors (Lipinski definition) is 0. The first-order valence-electron chi connectivity index (χ1n) is 14.3. The van der Waals surface area contributed by atoms with E-state index in [2.05, 4.69) is 20.8 Å². The maximum Gasteiger partial charge on any atom is 0.312 e. The molecule has 0 aliphatic carbocycles. The topological polar surface area (TPSA) is 82.6 Å². The molecule has 0 radical (unpaired) electrons. The van der Waals surface area contributed by atoms with Crippen LogP contribution in [0.25, 0.3) is 0 Å². The standard InChI is InChI=1S/C30H35BrCl2N4O5/c1-34(19-20-4-5-21(31)15-27(20)42-25-17-22(32)16-23(33)18-25)29(39)30(40)36-11-9-35(10-12-36)26-3-2-8-37(28(26)38)24-6-13-41-14-7-24/h4-5,15-18,24,26H,2-3,6-14,19H2,1H3. The lowest BCUT2D eigenvalue weighted by atomic mass is 9.97. The first-order valence-corrected chi connectivity index (χ1v) is 15.8. The fourth-order valence-corrected chi connectivity index (χ4v) is 6.76. The number of benzene rings is 2. The van der Waals surface area contributed by atoms with E-state index >= 15 is 0 Å². The number of carbonyl (C=O) groups is 3. The summed E-state index contributed by atoms with van der Waals surface area (Å²) in [7, 11) is 1.60. The van der Waals surface area contributed by atoms with Crippen LogP contribution in [-0.4, -0.2) is 102 Å².